The Bertz CT molecular complexity index is 2980. The van der Waals surface area contributed by atoms with E-state index in [0.717, 1.165) is 65.9 Å². The number of aromatic nitrogens is 4. The van der Waals surface area contributed by atoms with E-state index in [1.165, 1.54) is 5.39 Å². The molecule has 222 valence electrons. The molecule has 0 aliphatic heterocycles. The van der Waals surface area contributed by atoms with Gasteiger partial charge in [-0.15, -0.1) is 0 Å². The predicted molar refractivity (Wildman–Crippen MR) is 192 cm³/mol. The van der Waals surface area contributed by atoms with Gasteiger partial charge >= 0.3 is 0 Å². The third-order valence-electron chi connectivity index (χ3n) is 9.26. The SMILES string of the molecule is N#Cc1cc(-c2nc3oc4ccccc4c3nc2-c2ccc3cccnc3c2)ccc1-n1c2ccccc2c2cc3ccccc3cc21. The van der Waals surface area contributed by atoms with Crippen molar-refractivity contribution in [2.24, 2.45) is 0 Å². The van der Waals surface area contributed by atoms with E-state index in [-0.39, 0.29) is 0 Å². The molecule has 6 nitrogen and oxygen atoms in total. The molecule has 6 heteroatoms. The minimum Gasteiger partial charge on any atom is -0.436 e. The van der Waals surface area contributed by atoms with E-state index in [1.54, 1.807) is 6.20 Å². The van der Waals surface area contributed by atoms with Crippen LogP contribution < -0.4 is 0 Å². The summed E-state index contributed by atoms with van der Waals surface area (Å²) < 4.78 is 8.39. The second-order valence-electron chi connectivity index (χ2n) is 12.0. The van der Waals surface area contributed by atoms with Gasteiger partial charge in [-0.05, 0) is 65.4 Å². The second-order valence-corrected chi connectivity index (χ2v) is 12.0. The number of para-hydroxylation sites is 2. The molecule has 48 heavy (non-hydrogen) atoms. The van der Waals surface area contributed by atoms with E-state index < -0.39 is 0 Å². The Labute approximate surface area is 273 Å². The predicted octanol–water partition coefficient (Wildman–Crippen LogP) is 10.4. The molecule has 0 N–H and O–H groups in total. The highest BCUT2D eigenvalue weighted by Gasteiger charge is 2.21. The van der Waals surface area contributed by atoms with E-state index in [4.69, 9.17) is 14.4 Å². The van der Waals surface area contributed by atoms with Gasteiger partial charge < -0.3 is 8.98 Å². The number of nitriles is 1. The van der Waals surface area contributed by atoms with E-state index in [0.29, 0.717) is 28.2 Å². The Balaban J connectivity index is 1.23. The van der Waals surface area contributed by atoms with Crippen molar-refractivity contribution >= 4 is 65.7 Å². The molecule has 0 bridgehead atoms. The molecule has 0 aliphatic rings. The van der Waals surface area contributed by atoms with E-state index in [2.05, 4.69) is 76.3 Å². The van der Waals surface area contributed by atoms with Gasteiger partial charge in [-0.3, -0.25) is 4.98 Å². The first-order valence-corrected chi connectivity index (χ1v) is 15.7. The minimum atomic E-state index is 0.450. The first kappa shape index (κ1) is 26.4. The van der Waals surface area contributed by atoms with Gasteiger partial charge in [-0.2, -0.15) is 5.26 Å². The number of benzene rings is 6. The van der Waals surface area contributed by atoms with Gasteiger partial charge in [0.1, 0.15) is 22.9 Å². The monoisotopic (exact) mass is 613 g/mol. The van der Waals surface area contributed by atoms with Crippen LogP contribution in [0.2, 0.25) is 0 Å². The average molecular weight is 614 g/mol. The standard InChI is InChI=1S/C42H23N5O/c43-24-30-20-28(17-18-35(30)47-36-13-5-3-11-31(36)33-21-26-8-1-2-9-27(26)23-37(33)47)40-39(29-16-15-25-10-7-19-44-34(25)22-29)45-41-32-12-4-6-14-38(32)48-42(41)46-40/h1-23H. The highest BCUT2D eigenvalue weighted by atomic mass is 16.3. The Morgan fingerprint density at radius 2 is 1.31 bits per heavy atom. The van der Waals surface area contributed by atoms with Crippen molar-refractivity contribution in [3.8, 4) is 34.3 Å². The quantitative estimate of drug-likeness (QED) is 0.198. The van der Waals surface area contributed by atoms with Crippen LogP contribution in [0.5, 0.6) is 0 Å². The van der Waals surface area contributed by atoms with E-state index in [9.17, 15) is 5.26 Å². The summed E-state index contributed by atoms with van der Waals surface area (Å²) in [4.78, 5) is 14.9. The van der Waals surface area contributed by atoms with Crippen molar-refractivity contribution in [3.05, 3.63) is 145 Å². The zero-order chi connectivity index (χ0) is 31.8. The van der Waals surface area contributed by atoms with Crippen LogP contribution in [0.15, 0.2) is 144 Å². The Morgan fingerprint density at radius 1 is 0.583 bits per heavy atom. The molecule has 0 aliphatic carbocycles. The normalized spacial score (nSPS) is 11.7. The number of rotatable bonds is 3. The maximum absolute atomic E-state index is 10.7. The van der Waals surface area contributed by atoms with Crippen molar-refractivity contribution in [1.82, 2.24) is 19.5 Å². The number of hydrogen-bond acceptors (Lipinski definition) is 5. The fraction of sp³-hybridized carbons (Fsp3) is 0. The molecule has 4 aromatic heterocycles. The van der Waals surface area contributed by atoms with Crippen LogP contribution in [-0.4, -0.2) is 19.5 Å². The first-order valence-electron chi connectivity index (χ1n) is 15.7. The number of nitrogens with zero attached hydrogens (tertiary/aromatic N) is 5. The summed E-state index contributed by atoms with van der Waals surface area (Å²) >= 11 is 0. The van der Waals surface area contributed by atoms with Gasteiger partial charge in [0.25, 0.3) is 0 Å². The molecule has 0 spiro atoms. The van der Waals surface area contributed by atoms with Gasteiger partial charge in [0.05, 0.1) is 33.5 Å². The Hall–Kier alpha value is -6.84. The fourth-order valence-electron chi connectivity index (χ4n) is 7.02. The Morgan fingerprint density at radius 3 is 2.21 bits per heavy atom. The van der Waals surface area contributed by atoms with Crippen LogP contribution in [0.1, 0.15) is 5.56 Å². The summed E-state index contributed by atoms with van der Waals surface area (Å²) in [5.74, 6) is 0. The lowest BCUT2D eigenvalue weighted by molar-refractivity contribution is 0.653. The van der Waals surface area contributed by atoms with E-state index >= 15 is 0 Å². The van der Waals surface area contributed by atoms with E-state index in [1.807, 2.05) is 72.8 Å². The Kier molecular flexibility index (Phi) is 5.54. The van der Waals surface area contributed by atoms with Gasteiger partial charge in [0, 0.05) is 38.9 Å². The highest BCUT2D eigenvalue weighted by Crippen LogP contribution is 2.39. The molecule has 0 unspecified atom stereocenters. The van der Waals surface area contributed by atoms with Crippen LogP contribution in [-0.2, 0) is 0 Å². The van der Waals surface area contributed by atoms with Crippen molar-refractivity contribution in [2.75, 3.05) is 0 Å². The van der Waals surface area contributed by atoms with Crippen LogP contribution in [0.25, 0.3) is 93.9 Å². The third kappa shape index (κ3) is 3.88. The van der Waals surface area contributed by atoms with Crippen LogP contribution in [0.4, 0.5) is 0 Å². The maximum Gasteiger partial charge on any atom is 0.246 e. The molecule has 0 amide bonds. The van der Waals surface area contributed by atoms with Crippen molar-refractivity contribution in [1.29, 1.82) is 5.26 Å². The lowest BCUT2D eigenvalue weighted by Crippen LogP contribution is -2.00. The molecule has 0 saturated heterocycles. The smallest absolute Gasteiger partial charge is 0.246 e. The molecular weight excluding hydrogens is 590 g/mol. The van der Waals surface area contributed by atoms with Crippen molar-refractivity contribution < 1.29 is 4.42 Å². The zero-order valence-electron chi connectivity index (χ0n) is 25.4. The molecule has 4 heterocycles. The summed E-state index contributed by atoms with van der Waals surface area (Å²) in [6, 6.07) is 47.6. The van der Waals surface area contributed by atoms with Gasteiger partial charge in [-0.25, -0.2) is 9.97 Å². The molecule has 6 aromatic carbocycles. The summed E-state index contributed by atoms with van der Waals surface area (Å²) in [6.45, 7) is 0. The number of pyridine rings is 1. The molecule has 10 rings (SSSR count). The number of fused-ring (bicyclic) bond motifs is 8. The number of hydrogen-bond donors (Lipinski definition) is 0. The second kappa shape index (κ2) is 10.1. The van der Waals surface area contributed by atoms with Crippen molar-refractivity contribution in [3.63, 3.8) is 0 Å². The first-order chi connectivity index (χ1) is 23.7. The summed E-state index contributed by atoms with van der Waals surface area (Å²) in [5, 5.41) is 17.2. The largest absolute Gasteiger partial charge is 0.436 e. The lowest BCUT2D eigenvalue weighted by Gasteiger charge is -2.13. The lowest BCUT2D eigenvalue weighted by atomic mass is 10.00. The van der Waals surface area contributed by atoms with Gasteiger partial charge in [0.15, 0.2) is 0 Å². The van der Waals surface area contributed by atoms with Gasteiger partial charge in [-0.1, -0.05) is 78.9 Å². The minimum absolute atomic E-state index is 0.450. The summed E-state index contributed by atoms with van der Waals surface area (Å²) in [6.07, 6.45) is 1.79. The van der Waals surface area contributed by atoms with Crippen LogP contribution in [0, 0.1) is 11.3 Å². The molecule has 0 radical (unpaired) electrons. The highest BCUT2D eigenvalue weighted by molar-refractivity contribution is 6.13. The van der Waals surface area contributed by atoms with Crippen LogP contribution in [0.3, 0.4) is 0 Å². The van der Waals surface area contributed by atoms with Crippen molar-refractivity contribution in [2.45, 2.75) is 0 Å². The summed E-state index contributed by atoms with van der Waals surface area (Å²) in [5.41, 5.74) is 9.14. The van der Waals surface area contributed by atoms with Gasteiger partial charge in [0.2, 0.25) is 5.71 Å². The molecule has 10 aromatic rings. The molecule has 0 atom stereocenters. The maximum atomic E-state index is 10.7. The van der Waals surface area contributed by atoms with Crippen LogP contribution >= 0.6 is 0 Å². The molecule has 0 fully saturated rings. The fourth-order valence-corrected chi connectivity index (χ4v) is 7.02. The molecule has 0 saturated carbocycles. The molecular formula is C42H23N5O. The summed E-state index contributed by atoms with van der Waals surface area (Å²) in [7, 11) is 0. The third-order valence-corrected chi connectivity index (χ3v) is 9.26. The topological polar surface area (TPSA) is 80.5 Å². The number of furan rings is 1. The average Bonchev–Trinajstić information content (AvgIpc) is 3.67. The zero-order valence-corrected chi connectivity index (χ0v) is 25.4.